The van der Waals surface area contributed by atoms with Crippen LogP contribution in [-0.4, -0.2) is 35.6 Å². The first-order valence-electron chi connectivity index (χ1n) is 6.27. The van der Waals surface area contributed by atoms with Crippen LogP contribution in [0.3, 0.4) is 0 Å². The third-order valence-electron chi connectivity index (χ3n) is 3.49. The van der Waals surface area contributed by atoms with Gasteiger partial charge in [0.05, 0.1) is 12.2 Å². The van der Waals surface area contributed by atoms with Crippen LogP contribution >= 0.6 is 0 Å². The van der Waals surface area contributed by atoms with E-state index in [0.717, 1.165) is 35.4 Å². The molecule has 0 saturated carbocycles. The van der Waals surface area contributed by atoms with Crippen LogP contribution in [0.2, 0.25) is 0 Å². The zero-order chi connectivity index (χ0) is 13.4. The van der Waals surface area contributed by atoms with Gasteiger partial charge in [0.25, 0.3) is 5.91 Å². The van der Waals surface area contributed by atoms with Gasteiger partial charge in [-0.25, -0.2) is 4.98 Å². The SMILES string of the molecule is Cc1c(C(N)=O)cnc2[nH]c([C@@H]3CNCCO3)cc12. The molecule has 0 aromatic carbocycles. The van der Waals surface area contributed by atoms with Gasteiger partial charge >= 0.3 is 0 Å². The lowest BCUT2D eigenvalue weighted by Crippen LogP contribution is -2.33. The van der Waals surface area contributed by atoms with Crippen LogP contribution in [0.15, 0.2) is 12.3 Å². The van der Waals surface area contributed by atoms with Crippen LogP contribution in [0, 0.1) is 6.92 Å². The topological polar surface area (TPSA) is 93.0 Å². The summed E-state index contributed by atoms with van der Waals surface area (Å²) in [5, 5.41) is 4.20. The molecule has 100 valence electrons. The molecule has 3 rings (SSSR count). The van der Waals surface area contributed by atoms with Crippen molar-refractivity contribution in [1.29, 1.82) is 0 Å². The van der Waals surface area contributed by atoms with E-state index >= 15 is 0 Å². The number of rotatable bonds is 2. The molecule has 0 spiro atoms. The van der Waals surface area contributed by atoms with E-state index in [1.54, 1.807) is 0 Å². The maximum atomic E-state index is 11.3. The summed E-state index contributed by atoms with van der Waals surface area (Å²) in [6.07, 6.45) is 1.51. The maximum Gasteiger partial charge on any atom is 0.250 e. The molecule has 1 aliphatic rings. The van der Waals surface area contributed by atoms with E-state index in [4.69, 9.17) is 10.5 Å². The Balaban J connectivity index is 2.05. The molecule has 1 saturated heterocycles. The summed E-state index contributed by atoms with van der Waals surface area (Å²) in [4.78, 5) is 18.8. The third kappa shape index (κ3) is 2.09. The van der Waals surface area contributed by atoms with Crippen molar-refractivity contribution in [3.05, 3.63) is 29.1 Å². The average molecular weight is 260 g/mol. The number of aryl methyl sites for hydroxylation is 1. The molecule has 0 bridgehead atoms. The smallest absolute Gasteiger partial charge is 0.250 e. The Labute approximate surface area is 110 Å². The summed E-state index contributed by atoms with van der Waals surface area (Å²) < 4.78 is 5.70. The zero-order valence-corrected chi connectivity index (χ0v) is 10.7. The van der Waals surface area contributed by atoms with E-state index in [0.29, 0.717) is 12.2 Å². The molecule has 2 aromatic heterocycles. The fraction of sp³-hybridized carbons (Fsp3) is 0.385. The summed E-state index contributed by atoms with van der Waals surface area (Å²) in [6.45, 7) is 4.22. The van der Waals surface area contributed by atoms with Gasteiger partial charge in [-0.1, -0.05) is 0 Å². The highest BCUT2D eigenvalue weighted by Crippen LogP contribution is 2.25. The second-order valence-corrected chi connectivity index (χ2v) is 4.71. The predicted molar refractivity (Wildman–Crippen MR) is 70.9 cm³/mol. The number of hydrogen-bond acceptors (Lipinski definition) is 4. The van der Waals surface area contributed by atoms with Crippen LogP contribution < -0.4 is 11.1 Å². The minimum atomic E-state index is -0.453. The molecule has 0 unspecified atom stereocenters. The molecule has 1 aliphatic heterocycles. The number of aromatic amines is 1. The predicted octanol–water partition coefficient (Wildman–Crippen LogP) is 0.631. The Bertz CT molecular complexity index is 629. The molecule has 1 fully saturated rings. The summed E-state index contributed by atoms with van der Waals surface area (Å²) in [6, 6.07) is 1.99. The molecular formula is C13H16N4O2. The van der Waals surface area contributed by atoms with Gasteiger partial charge in [-0.2, -0.15) is 0 Å². The number of hydrogen-bond donors (Lipinski definition) is 3. The minimum absolute atomic E-state index is 0.000576. The number of carbonyl (C=O) groups is 1. The van der Waals surface area contributed by atoms with Gasteiger partial charge in [-0.15, -0.1) is 0 Å². The molecule has 0 radical (unpaired) electrons. The molecule has 6 heteroatoms. The standard InChI is InChI=1S/C13H16N4O2/c1-7-8-4-10(11-6-15-2-3-19-11)17-13(8)16-5-9(7)12(14)18/h4-5,11,15H,2-3,6H2,1H3,(H2,14,18)(H,16,17)/t11-/m0/s1. The summed E-state index contributed by atoms with van der Waals surface area (Å²) >= 11 is 0. The highest BCUT2D eigenvalue weighted by atomic mass is 16.5. The van der Waals surface area contributed by atoms with Crippen molar-refractivity contribution < 1.29 is 9.53 Å². The fourth-order valence-electron chi connectivity index (χ4n) is 2.41. The third-order valence-corrected chi connectivity index (χ3v) is 3.49. The lowest BCUT2D eigenvalue weighted by Gasteiger charge is -2.22. The number of H-pyrrole nitrogens is 1. The number of primary amides is 1. The molecule has 0 aliphatic carbocycles. The molecule has 1 atom stereocenters. The first-order valence-corrected chi connectivity index (χ1v) is 6.27. The molecule has 4 N–H and O–H groups in total. The molecule has 6 nitrogen and oxygen atoms in total. The monoisotopic (exact) mass is 260 g/mol. The largest absolute Gasteiger partial charge is 0.369 e. The fourth-order valence-corrected chi connectivity index (χ4v) is 2.41. The highest BCUT2D eigenvalue weighted by Gasteiger charge is 2.19. The van der Waals surface area contributed by atoms with Crippen LogP contribution in [0.25, 0.3) is 11.0 Å². The molecule has 1 amide bonds. The summed E-state index contributed by atoms with van der Waals surface area (Å²) in [7, 11) is 0. The lowest BCUT2D eigenvalue weighted by molar-refractivity contribution is 0.0254. The van der Waals surface area contributed by atoms with Crippen LogP contribution in [0.4, 0.5) is 0 Å². The van der Waals surface area contributed by atoms with E-state index in [1.807, 2.05) is 13.0 Å². The Morgan fingerprint density at radius 3 is 3.11 bits per heavy atom. The quantitative estimate of drug-likeness (QED) is 0.738. The van der Waals surface area contributed by atoms with Crippen LogP contribution in [-0.2, 0) is 4.74 Å². The average Bonchev–Trinajstić information content (AvgIpc) is 2.85. The van der Waals surface area contributed by atoms with Crippen molar-refractivity contribution in [2.24, 2.45) is 5.73 Å². The van der Waals surface area contributed by atoms with Gasteiger partial charge in [-0.3, -0.25) is 4.79 Å². The van der Waals surface area contributed by atoms with Gasteiger partial charge in [-0.05, 0) is 18.6 Å². The maximum absolute atomic E-state index is 11.3. The Morgan fingerprint density at radius 2 is 2.42 bits per heavy atom. The van der Waals surface area contributed by atoms with Gasteiger partial charge in [0.2, 0.25) is 0 Å². The number of aromatic nitrogens is 2. The van der Waals surface area contributed by atoms with Crippen LogP contribution in [0.5, 0.6) is 0 Å². The number of morpholine rings is 1. The molecule has 19 heavy (non-hydrogen) atoms. The zero-order valence-electron chi connectivity index (χ0n) is 10.7. The first kappa shape index (κ1) is 12.1. The Hall–Kier alpha value is -1.92. The van der Waals surface area contributed by atoms with Crippen molar-refractivity contribution in [2.45, 2.75) is 13.0 Å². The second-order valence-electron chi connectivity index (χ2n) is 4.71. The number of fused-ring (bicyclic) bond motifs is 1. The van der Waals surface area contributed by atoms with Gasteiger partial charge in [0, 0.05) is 30.4 Å². The van der Waals surface area contributed by atoms with Crippen molar-refractivity contribution in [1.82, 2.24) is 15.3 Å². The summed E-state index contributed by atoms with van der Waals surface area (Å²) in [5.74, 6) is -0.453. The number of nitrogens with two attached hydrogens (primary N) is 1. The van der Waals surface area contributed by atoms with Crippen molar-refractivity contribution in [3.63, 3.8) is 0 Å². The van der Waals surface area contributed by atoms with Crippen molar-refractivity contribution in [2.75, 3.05) is 19.7 Å². The summed E-state index contributed by atoms with van der Waals surface area (Å²) in [5.41, 5.74) is 8.37. The Morgan fingerprint density at radius 1 is 1.58 bits per heavy atom. The molecule has 2 aromatic rings. The number of amides is 1. The van der Waals surface area contributed by atoms with E-state index in [9.17, 15) is 4.79 Å². The van der Waals surface area contributed by atoms with E-state index in [-0.39, 0.29) is 6.10 Å². The van der Waals surface area contributed by atoms with Crippen molar-refractivity contribution in [3.8, 4) is 0 Å². The van der Waals surface area contributed by atoms with Gasteiger partial charge in [0.15, 0.2) is 0 Å². The minimum Gasteiger partial charge on any atom is -0.369 e. The normalized spacial score (nSPS) is 19.7. The number of ether oxygens (including phenoxy) is 1. The number of carbonyl (C=O) groups excluding carboxylic acids is 1. The number of pyridine rings is 1. The highest BCUT2D eigenvalue weighted by molar-refractivity contribution is 5.98. The Kier molecular flexibility index (Phi) is 2.96. The van der Waals surface area contributed by atoms with E-state index in [1.165, 1.54) is 6.20 Å². The lowest BCUT2D eigenvalue weighted by atomic mass is 10.1. The van der Waals surface area contributed by atoms with Gasteiger partial charge < -0.3 is 20.8 Å². The molecular weight excluding hydrogens is 244 g/mol. The van der Waals surface area contributed by atoms with E-state index < -0.39 is 5.91 Å². The van der Waals surface area contributed by atoms with Crippen LogP contribution in [0.1, 0.15) is 27.7 Å². The first-order chi connectivity index (χ1) is 9.16. The van der Waals surface area contributed by atoms with Gasteiger partial charge in [0.1, 0.15) is 11.8 Å². The van der Waals surface area contributed by atoms with Crippen molar-refractivity contribution >= 4 is 16.9 Å². The number of nitrogens with one attached hydrogen (secondary N) is 2. The molecule has 3 heterocycles. The number of nitrogens with zero attached hydrogens (tertiary/aromatic N) is 1. The second kappa shape index (κ2) is 4.64. The van der Waals surface area contributed by atoms with E-state index in [2.05, 4.69) is 15.3 Å².